The average molecular weight is 372 g/mol. The first-order valence-corrected chi connectivity index (χ1v) is 8.38. The fourth-order valence-corrected chi connectivity index (χ4v) is 2.67. The van der Waals surface area contributed by atoms with Crippen LogP contribution in [0.2, 0.25) is 10.0 Å². The summed E-state index contributed by atoms with van der Waals surface area (Å²) in [5.74, 6) is -0.246. The summed E-state index contributed by atoms with van der Waals surface area (Å²) >= 11 is 11.8. The number of nitrogens with zero attached hydrogens (tertiary/aromatic N) is 1. The summed E-state index contributed by atoms with van der Waals surface area (Å²) in [5, 5.41) is 10.1. The van der Waals surface area contributed by atoms with Gasteiger partial charge in [-0.2, -0.15) is 5.10 Å². The quantitative estimate of drug-likeness (QED) is 0.504. The number of carbonyl (C=O) groups excluding carboxylic acids is 1. The lowest BCUT2D eigenvalue weighted by Gasteiger charge is -2.08. The molecule has 3 aromatic rings. The Morgan fingerprint density at radius 1 is 1.00 bits per heavy atom. The Hall–Kier alpha value is -2.56. The third-order valence-electron chi connectivity index (χ3n) is 3.58. The van der Waals surface area contributed by atoms with E-state index in [1.165, 1.54) is 6.21 Å². The normalized spacial score (nSPS) is 11.0. The lowest BCUT2D eigenvalue weighted by atomic mass is 10.1. The summed E-state index contributed by atoms with van der Waals surface area (Å²) in [6.45, 7) is 0.118. The Balaban J connectivity index is 1.57. The zero-order chi connectivity index (χ0) is 17.6. The van der Waals surface area contributed by atoms with E-state index in [4.69, 9.17) is 23.2 Å². The first-order valence-electron chi connectivity index (χ1n) is 7.62. The molecule has 0 aliphatic heterocycles. The second kappa shape index (κ2) is 8.01. The largest absolute Gasteiger partial charge is 0.376 e. The van der Waals surface area contributed by atoms with Gasteiger partial charge in [-0.05, 0) is 29.1 Å². The smallest absolute Gasteiger partial charge is 0.259 e. The van der Waals surface area contributed by atoms with Crippen molar-refractivity contribution in [2.45, 2.75) is 0 Å². The summed E-state index contributed by atoms with van der Waals surface area (Å²) in [4.78, 5) is 11.9. The number of amides is 1. The number of carbonyl (C=O) groups is 1. The molecule has 0 fully saturated rings. The number of hydrogen-bond acceptors (Lipinski definition) is 3. The highest BCUT2D eigenvalue weighted by Crippen LogP contribution is 2.23. The zero-order valence-electron chi connectivity index (χ0n) is 13.2. The second-order valence-corrected chi connectivity index (χ2v) is 6.16. The van der Waals surface area contributed by atoms with Crippen LogP contribution < -0.4 is 10.7 Å². The van der Waals surface area contributed by atoms with Gasteiger partial charge >= 0.3 is 0 Å². The van der Waals surface area contributed by atoms with E-state index < -0.39 is 0 Å². The summed E-state index contributed by atoms with van der Waals surface area (Å²) < 4.78 is 0. The van der Waals surface area contributed by atoms with E-state index in [1.54, 1.807) is 18.2 Å². The molecule has 0 unspecified atom stereocenters. The van der Waals surface area contributed by atoms with Crippen molar-refractivity contribution in [1.29, 1.82) is 0 Å². The predicted molar refractivity (Wildman–Crippen MR) is 105 cm³/mol. The molecule has 0 atom stereocenters. The van der Waals surface area contributed by atoms with E-state index in [0.717, 1.165) is 22.0 Å². The number of rotatable bonds is 5. The standard InChI is InChI=1S/C19H15Cl2N3O/c20-16-9-8-13(10-17(16)21)11-23-24-19(25)12-22-18-7-3-5-14-4-1-2-6-15(14)18/h1-11,22H,12H2,(H,24,25)/b23-11+. The van der Waals surface area contributed by atoms with E-state index in [9.17, 15) is 4.79 Å². The first kappa shape index (κ1) is 17.3. The number of anilines is 1. The molecule has 0 radical (unpaired) electrons. The molecule has 6 heteroatoms. The molecule has 0 aliphatic rings. The Labute approximate surface area is 155 Å². The first-order chi connectivity index (χ1) is 12.1. The van der Waals surface area contributed by atoms with Gasteiger partial charge in [0.25, 0.3) is 5.91 Å². The number of hydrazone groups is 1. The predicted octanol–water partition coefficient (Wildman–Crippen LogP) is 4.71. The monoisotopic (exact) mass is 371 g/mol. The SMILES string of the molecule is O=C(CNc1cccc2ccccc12)N/N=C/c1ccc(Cl)c(Cl)c1. The van der Waals surface area contributed by atoms with Gasteiger partial charge in [0.15, 0.2) is 0 Å². The third kappa shape index (κ3) is 4.50. The maximum atomic E-state index is 11.9. The van der Waals surface area contributed by atoms with Crippen LogP contribution in [0.3, 0.4) is 0 Å². The van der Waals surface area contributed by atoms with Crippen LogP contribution in [-0.2, 0) is 4.79 Å². The molecule has 3 aromatic carbocycles. The van der Waals surface area contributed by atoms with Crippen molar-refractivity contribution in [2.24, 2.45) is 5.10 Å². The maximum absolute atomic E-state index is 11.9. The minimum atomic E-state index is -0.246. The molecule has 3 rings (SSSR count). The number of hydrogen-bond donors (Lipinski definition) is 2. The van der Waals surface area contributed by atoms with Crippen molar-refractivity contribution >= 4 is 51.8 Å². The summed E-state index contributed by atoms with van der Waals surface area (Å²) in [6, 6.07) is 19.0. The van der Waals surface area contributed by atoms with Crippen LogP contribution >= 0.6 is 23.2 Å². The Morgan fingerprint density at radius 3 is 2.64 bits per heavy atom. The molecule has 0 heterocycles. The topological polar surface area (TPSA) is 53.5 Å². The average Bonchev–Trinajstić information content (AvgIpc) is 2.63. The van der Waals surface area contributed by atoms with Crippen molar-refractivity contribution in [3.05, 3.63) is 76.3 Å². The molecule has 0 bridgehead atoms. The van der Waals surface area contributed by atoms with E-state index in [-0.39, 0.29) is 12.5 Å². The van der Waals surface area contributed by atoms with Crippen molar-refractivity contribution < 1.29 is 4.79 Å². The molecule has 0 spiro atoms. The van der Waals surface area contributed by atoms with Crippen molar-refractivity contribution in [3.63, 3.8) is 0 Å². The molecule has 0 saturated heterocycles. The highest BCUT2D eigenvalue weighted by atomic mass is 35.5. The zero-order valence-corrected chi connectivity index (χ0v) is 14.7. The number of benzene rings is 3. The van der Waals surface area contributed by atoms with Crippen LogP contribution in [0.4, 0.5) is 5.69 Å². The van der Waals surface area contributed by atoms with Crippen LogP contribution in [-0.4, -0.2) is 18.7 Å². The van der Waals surface area contributed by atoms with Crippen molar-refractivity contribution in [2.75, 3.05) is 11.9 Å². The van der Waals surface area contributed by atoms with Gasteiger partial charge in [-0.3, -0.25) is 4.79 Å². The van der Waals surface area contributed by atoms with Gasteiger partial charge in [0, 0.05) is 11.1 Å². The van der Waals surface area contributed by atoms with Gasteiger partial charge in [-0.15, -0.1) is 0 Å². The van der Waals surface area contributed by atoms with Crippen molar-refractivity contribution in [1.82, 2.24) is 5.43 Å². The minimum absolute atomic E-state index is 0.118. The van der Waals surface area contributed by atoms with Crippen LogP contribution in [0.1, 0.15) is 5.56 Å². The highest BCUT2D eigenvalue weighted by molar-refractivity contribution is 6.42. The Morgan fingerprint density at radius 2 is 1.80 bits per heavy atom. The fourth-order valence-electron chi connectivity index (χ4n) is 2.37. The Kier molecular flexibility index (Phi) is 5.53. The minimum Gasteiger partial charge on any atom is -0.376 e. The lowest BCUT2D eigenvalue weighted by molar-refractivity contribution is -0.119. The van der Waals surface area contributed by atoms with Gasteiger partial charge in [-0.1, -0.05) is 65.7 Å². The molecule has 25 heavy (non-hydrogen) atoms. The summed E-state index contributed by atoms with van der Waals surface area (Å²) in [7, 11) is 0. The number of nitrogens with one attached hydrogen (secondary N) is 2. The lowest BCUT2D eigenvalue weighted by Crippen LogP contribution is -2.25. The number of halogens is 2. The van der Waals surface area contributed by atoms with Crippen molar-refractivity contribution in [3.8, 4) is 0 Å². The van der Waals surface area contributed by atoms with Crippen LogP contribution in [0.5, 0.6) is 0 Å². The van der Waals surface area contributed by atoms with Gasteiger partial charge in [-0.25, -0.2) is 5.43 Å². The second-order valence-electron chi connectivity index (χ2n) is 5.35. The van der Waals surface area contributed by atoms with Gasteiger partial charge < -0.3 is 5.32 Å². The Bertz CT molecular complexity index is 936. The van der Waals surface area contributed by atoms with Crippen LogP contribution in [0.15, 0.2) is 65.8 Å². The molecule has 0 saturated carbocycles. The van der Waals surface area contributed by atoms with E-state index in [2.05, 4.69) is 15.8 Å². The molecule has 1 amide bonds. The van der Waals surface area contributed by atoms with Crippen LogP contribution in [0.25, 0.3) is 10.8 Å². The molecule has 126 valence electrons. The molecular weight excluding hydrogens is 357 g/mol. The summed E-state index contributed by atoms with van der Waals surface area (Å²) in [5.41, 5.74) is 4.13. The van der Waals surface area contributed by atoms with Gasteiger partial charge in [0.05, 0.1) is 22.8 Å². The molecule has 4 nitrogen and oxygen atoms in total. The third-order valence-corrected chi connectivity index (χ3v) is 4.31. The molecule has 2 N–H and O–H groups in total. The van der Waals surface area contributed by atoms with E-state index in [0.29, 0.717) is 10.0 Å². The van der Waals surface area contributed by atoms with Gasteiger partial charge in [0.2, 0.25) is 0 Å². The highest BCUT2D eigenvalue weighted by Gasteiger charge is 2.03. The van der Waals surface area contributed by atoms with E-state index in [1.807, 2.05) is 42.5 Å². The number of fused-ring (bicyclic) bond motifs is 1. The maximum Gasteiger partial charge on any atom is 0.259 e. The molecular formula is C19H15Cl2N3O. The summed E-state index contributed by atoms with van der Waals surface area (Å²) in [6.07, 6.45) is 1.51. The molecule has 0 aromatic heterocycles. The van der Waals surface area contributed by atoms with E-state index >= 15 is 0 Å². The molecule has 0 aliphatic carbocycles. The fraction of sp³-hybridized carbons (Fsp3) is 0.0526. The van der Waals surface area contributed by atoms with Crippen LogP contribution in [0, 0.1) is 0 Å². The van der Waals surface area contributed by atoms with Gasteiger partial charge in [0.1, 0.15) is 0 Å².